The van der Waals surface area contributed by atoms with E-state index >= 15 is 0 Å². The maximum Gasteiger partial charge on any atom is 0.239 e. The lowest BCUT2D eigenvalue weighted by molar-refractivity contribution is 0.190. The maximum absolute atomic E-state index is 5.48. The lowest BCUT2D eigenvalue weighted by Gasteiger charge is -2.30. The van der Waals surface area contributed by atoms with Crippen LogP contribution in [0.2, 0.25) is 0 Å². The standard InChI is InChI=1S/C16H22N4OS/c1-12(22-11-13-6-4-3-5-7-13)16-18-15(19-21-16)14-10-17-8-9-20(14)2/h3-7,12,14,17H,8-11H2,1-2H3. The molecule has 1 N–H and O–H groups in total. The van der Waals surface area contributed by atoms with Crippen molar-refractivity contribution in [2.45, 2.75) is 24.0 Å². The Labute approximate surface area is 135 Å². The van der Waals surface area contributed by atoms with Crippen LogP contribution in [0.3, 0.4) is 0 Å². The Morgan fingerprint density at radius 3 is 3.00 bits per heavy atom. The fraction of sp³-hybridized carbons (Fsp3) is 0.500. The molecule has 1 aliphatic heterocycles. The summed E-state index contributed by atoms with van der Waals surface area (Å²) in [4.78, 5) is 6.89. The monoisotopic (exact) mass is 318 g/mol. The number of thioether (sulfide) groups is 1. The van der Waals surface area contributed by atoms with Crippen LogP contribution in [-0.2, 0) is 5.75 Å². The number of likely N-dealkylation sites (N-methyl/N-ethyl adjacent to an activating group) is 1. The van der Waals surface area contributed by atoms with Crippen molar-refractivity contribution in [1.82, 2.24) is 20.4 Å². The number of rotatable bonds is 5. The Bertz CT molecular complexity index is 589. The molecule has 1 aliphatic rings. The number of hydrogen-bond acceptors (Lipinski definition) is 6. The van der Waals surface area contributed by atoms with Crippen molar-refractivity contribution in [1.29, 1.82) is 0 Å². The van der Waals surface area contributed by atoms with Crippen LogP contribution in [0.25, 0.3) is 0 Å². The Morgan fingerprint density at radius 2 is 2.23 bits per heavy atom. The Morgan fingerprint density at radius 1 is 1.41 bits per heavy atom. The van der Waals surface area contributed by atoms with Crippen molar-refractivity contribution in [3.63, 3.8) is 0 Å². The molecule has 1 saturated heterocycles. The second kappa shape index (κ2) is 7.26. The van der Waals surface area contributed by atoms with E-state index in [1.165, 1.54) is 5.56 Å². The normalized spacial score (nSPS) is 20.9. The molecule has 0 saturated carbocycles. The highest BCUT2D eigenvalue weighted by Crippen LogP contribution is 2.31. The first kappa shape index (κ1) is 15.5. The van der Waals surface area contributed by atoms with Crippen LogP contribution < -0.4 is 5.32 Å². The Hall–Kier alpha value is -1.37. The average molecular weight is 318 g/mol. The third-order valence-electron chi connectivity index (χ3n) is 3.96. The summed E-state index contributed by atoms with van der Waals surface area (Å²) in [5, 5.41) is 7.76. The van der Waals surface area contributed by atoms with Crippen molar-refractivity contribution in [3.05, 3.63) is 47.6 Å². The fourth-order valence-corrected chi connectivity index (χ4v) is 3.38. The Kier molecular flexibility index (Phi) is 5.12. The van der Waals surface area contributed by atoms with Gasteiger partial charge in [0.1, 0.15) is 0 Å². The van der Waals surface area contributed by atoms with Gasteiger partial charge in [-0.25, -0.2) is 0 Å². The van der Waals surface area contributed by atoms with Crippen LogP contribution in [0.1, 0.15) is 35.5 Å². The van der Waals surface area contributed by atoms with E-state index in [2.05, 4.69) is 58.6 Å². The van der Waals surface area contributed by atoms with Crippen molar-refractivity contribution >= 4 is 11.8 Å². The van der Waals surface area contributed by atoms with Crippen LogP contribution in [0.5, 0.6) is 0 Å². The van der Waals surface area contributed by atoms with Gasteiger partial charge in [0.25, 0.3) is 0 Å². The van der Waals surface area contributed by atoms with Crippen LogP contribution in [0, 0.1) is 0 Å². The molecule has 118 valence electrons. The fourth-order valence-electron chi connectivity index (χ4n) is 2.51. The zero-order valence-electron chi connectivity index (χ0n) is 13.0. The molecule has 0 radical (unpaired) electrons. The van der Waals surface area contributed by atoms with Crippen LogP contribution >= 0.6 is 11.8 Å². The van der Waals surface area contributed by atoms with Gasteiger partial charge in [0.2, 0.25) is 5.89 Å². The van der Waals surface area contributed by atoms with Gasteiger partial charge in [-0.3, -0.25) is 4.90 Å². The summed E-state index contributed by atoms with van der Waals surface area (Å²) >= 11 is 1.82. The number of nitrogens with one attached hydrogen (secondary N) is 1. The molecule has 0 bridgehead atoms. The first-order valence-corrected chi connectivity index (χ1v) is 8.69. The minimum Gasteiger partial charge on any atom is -0.338 e. The quantitative estimate of drug-likeness (QED) is 0.914. The summed E-state index contributed by atoms with van der Waals surface area (Å²) in [6.45, 7) is 5.02. The smallest absolute Gasteiger partial charge is 0.239 e. The topological polar surface area (TPSA) is 54.2 Å². The van der Waals surface area contributed by atoms with E-state index in [1.807, 2.05) is 17.8 Å². The summed E-state index contributed by atoms with van der Waals surface area (Å²) in [6.07, 6.45) is 0. The highest BCUT2D eigenvalue weighted by Gasteiger charge is 2.26. The van der Waals surface area contributed by atoms with Crippen molar-refractivity contribution < 1.29 is 4.52 Å². The van der Waals surface area contributed by atoms with E-state index in [4.69, 9.17) is 4.52 Å². The molecule has 1 aromatic carbocycles. The highest BCUT2D eigenvalue weighted by atomic mass is 32.2. The second-order valence-corrected chi connectivity index (χ2v) is 6.96. The van der Waals surface area contributed by atoms with Crippen LogP contribution in [0.4, 0.5) is 0 Å². The minimum absolute atomic E-state index is 0.198. The summed E-state index contributed by atoms with van der Waals surface area (Å²) in [6, 6.07) is 10.7. The molecule has 3 rings (SSSR count). The molecule has 6 heteroatoms. The third kappa shape index (κ3) is 3.69. The molecule has 22 heavy (non-hydrogen) atoms. The van der Waals surface area contributed by atoms with Gasteiger partial charge in [0, 0.05) is 25.4 Å². The molecule has 1 fully saturated rings. The average Bonchev–Trinajstić information content (AvgIpc) is 3.04. The second-order valence-electron chi connectivity index (χ2n) is 5.63. The van der Waals surface area contributed by atoms with Gasteiger partial charge in [0.15, 0.2) is 5.82 Å². The SMILES string of the molecule is CC(SCc1ccccc1)c1nc(C2CNCCN2C)no1. The zero-order valence-corrected chi connectivity index (χ0v) is 13.8. The van der Waals surface area contributed by atoms with Crippen LogP contribution in [-0.4, -0.2) is 41.7 Å². The largest absolute Gasteiger partial charge is 0.338 e. The molecule has 1 aromatic heterocycles. The first-order valence-electron chi connectivity index (χ1n) is 7.64. The lowest BCUT2D eigenvalue weighted by Crippen LogP contribution is -2.44. The predicted molar refractivity (Wildman–Crippen MR) is 88.7 cm³/mol. The van der Waals surface area contributed by atoms with E-state index in [-0.39, 0.29) is 11.3 Å². The van der Waals surface area contributed by atoms with E-state index in [9.17, 15) is 0 Å². The summed E-state index contributed by atoms with van der Waals surface area (Å²) in [5.74, 6) is 2.46. The van der Waals surface area contributed by atoms with Gasteiger partial charge in [-0.05, 0) is 19.5 Å². The molecule has 5 nitrogen and oxygen atoms in total. The van der Waals surface area contributed by atoms with Gasteiger partial charge in [0.05, 0.1) is 11.3 Å². The number of nitrogens with zero attached hydrogens (tertiary/aromatic N) is 3. The molecule has 0 spiro atoms. The maximum atomic E-state index is 5.48. The number of hydrogen-bond donors (Lipinski definition) is 1. The zero-order chi connectivity index (χ0) is 15.4. The molecule has 2 unspecified atom stereocenters. The first-order chi connectivity index (χ1) is 10.7. The highest BCUT2D eigenvalue weighted by molar-refractivity contribution is 7.98. The van der Waals surface area contributed by atoms with Crippen LogP contribution in [0.15, 0.2) is 34.9 Å². The lowest BCUT2D eigenvalue weighted by atomic mass is 10.2. The molecule has 2 aromatic rings. The van der Waals surface area contributed by atoms with Gasteiger partial charge >= 0.3 is 0 Å². The molecular formula is C16H22N4OS. The Balaban J connectivity index is 1.60. The summed E-state index contributed by atoms with van der Waals surface area (Å²) in [7, 11) is 2.11. The summed E-state index contributed by atoms with van der Waals surface area (Å²) < 4.78 is 5.48. The molecule has 0 amide bonds. The van der Waals surface area contributed by atoms with Gasteiger partial charge in [-0.1, -0.05) is 35.5 Å². The van der Waals surface area contributed by atoms with Crippen molar-refractivity contribution in [2.75, 3.05) is 26.7 Å². The number of benzene rings is 1. The van der Waals surface area contributed by atoms with E-state index in [1.54, 1.807) is 0 Å². The minimum atomic E-state index is 0.198. The molecule has 2 heterocycles. The van der Waals surface area contributed by atoms with Crippen molar-refractivity contribution in [3.8, 4) is 0 Å². The van der Waals surface area contributed by atoms with Gasteiger partial charge in [-0.2, -0.15) is 4.98 Å². The predicted octanol–water partition coefficient (Wildman–Crippen LogP) is 2.64. The molecule has 2 atom stereocenters. The van der Waals surface area contributed by atoms with Crippen molar-refractivity contribution in [2.24, 2.45) is 0 Å². The number of aromatic nitrogens is 2. The van der Waals surface area contributed by atoms with Gasteiger partial charge in [-0.15, -0.1) is 11.8 Å². The third-order valence-corrected chi connectivity index (χ3v) is 5.16. The summed E-state index contributed by atoms with van der Waals surface area (Å²) in [5.41, 5.74) is 1.32. The molecule has 0 aliphatic carbocycles. The van der Waals surface area contributed by atoms with E-state index in [0.717, 1.165) is 37.1 Å². The van der Waals surface area contributed by atoms with Gasteiger partial charge < -0.3 is 9.84 Å². The van der Waals surface area contributed by atoms with E-state index in [0.29, 0.717) is 0 Å². The molecular weight excluding hydrogens is 296 g/mol. The van der Waals surface area contributed by atoms with E-state index < -0.39 is 0 Å². The number of piperazine rings is 1.